The summed E-state index contributed by atoms with van der Waals surface area (Å²) in [6, 6.07) is 0. The van der Waals surface area contributed by atoms with Gasteiger partial charge in [-0.05, 0) is 0 Å². The minimum absolute atomic E-state index is 1.32. The molecule has 0 fully saturated rings. The van der Waals surface area contributed by atoms with Gasteiger partial charge in [0, 0.05) is 0 Å². The molecule has 0 rings (SSSR count). The Balaban J connectivity index is 0. The average molecular weight is 90.2 g/mol. The minimum atomic E-state index is 1.32. The maximum Gasteiger partial charge on any atom is -0.0564 e. The molecule has 0 bridgehead atoms. The summed E-state index contributed by atoms with van der Waals surface area (Å²) < 4.78 is 0. The molecular weight excluding hydrogens is 76.1 g/mol. The standard InChI is InChI=1S/C4H10.H4N2/c1-3-4-2;1-2/h3-4H2,1-2H3;1-2H2. The zero-order valence-corrected chi connectivity index (χ0v) is 4.57. The number of hydrogen-bond donors (Lipinski definition) is 2. The van der Waals surface area contributed by atoms with Gasteiger partial charge in [0.25, 0.3) is 0 Å². The lowest BCUT2D eigenvalue weighted by Gasteiger charge is -1.68. The number of hydrogen-bond acceptors (Lipinski definition) is 2. The van der Waals surface area contributed by atoms with E-state index in [1.54, 1.807) is 0 Å². The highest BCUT2D eigenvalue weighted by Crippen LogP contribution is 1.76. The molecule has 0 saturated heterocycles. The van der Waals surface area contributed by atoms with Crippen LogP contribution in [0.3, 0.4) is 0 Å². The molecule has 40 valence electrons. The van der Waals surface area contributed by atoms with Crippen LogP contribution in [-0.2, 0) is 0 Å². The van der Waals surface area contributed by atoms with Crippen LogP contribution >= 0.6 is 0 Å². The number of rotatable bonds is 1. The molecule has 0 radical (unpaired) electrons. The average Bonchev–Trinajstić information content (AvgIpc) is 1.72. The van der Waals surface area contributed by atoms with E-state index in [-0.39, 0.29) is 0 Å². The molecule has 0 aliphatic heterocycles. The Morgan fingerprint density at radius 3 is 1.17 bits per heavy atom. The van der Waals surface area contributed by atoms with E-state index in [0.29, 0.717) is 0 Å². The molecule has 0 saturated carbocycles. The van der Waals surface area contributed by atoms with E-state index in [2.05, 4.69) is 25.5 Å². The number of hydrazine groups is 1. The summed E-state index contributed by atoms with van der Waals surface area (Å²) in [6.07, 6.45) is 2.64. The molecule has 0 aromatic rings. The van der Waals surface area contributed by atoms with Crippen LogP contribution in [0.4, 0.5) is 0 Å². The zero-order chi connectivity index (χ0) is 5.41. The van der Waals surface area contributed by atoms with Gasteiger partial charge in [0.1, 0.15) is 0 Å². The van der Waals surface area contributed by atoms with E-state index in [1.165, 1.54) is 12.8 Å². The van der Waals surface area contributed by atoms with Gasteiger partial charge in [0.2, 0.25) is 0 Å². The third kappa shape index (κ3) is 39.5. The summed E-state index contributed by atoms with van der Waals surface area (Å²) in [5, 5.41) is 0. The van der Waals surface area contributed by atoms with Gasteiger partial charge in [-0.15, -0.1) is 0 Å². The van der Waals surface area contributed by atoms with Crippen molar-refractivity contribution in [3.8, 4) is 0 Å². The Kier molecular flexibility index (Phi) is 31.9. The molecule has 0 unspecified atom stereocenters. The third-order valence-corrected chi connectivity index (χ3v) is 0.500. The SMILES string of the molecule is CCCC.NN. The molecule has 2 heteroatoms. The van der Waals surface area contributed by atoms with Gasteiger partial charge in [0.05, 0.1) is 0 Å². The monoisotopic (exact) mass is 90.1 g/mol. The summed E-state index contributed by atoms with van der Waals surface area (Å²) in [6.45, 7) is 4.36. The molecule has 0 spiro atoms. The van der Waals surface area contributed by atoms with Crippen LogP contribution in [0.25, 0.3) is 0 Å². The number of unbranched alkanes of at least 4 members (excludes halogenated alkanes) is 1. The molecule has 0 heterocycles. The maximum absolute atomic E-state index is 4.00. The van der Waals surface area contributed by atoms with Crippen molar-refractivity contribution < 1.29 is 0 Å². The van der Waals surface area contributed by atoms with E-state index >= 15 is 0 Å². The Morgan fingerprint density at radius 1 is 1.00 bits per heavy atom. The van der Waals surface area contributed by atoms with Crippen molar-refractivity contribution in [2.75, 3.05) is 0 Å². The molecule has 0 aromatic heterocycles. The molecule has 0 atom stereocenters. The first-order valence-electron chi connectivity index (χ1n) is 2.25. The van der Waals surface area contributed by atoms with Crippen molar-refractivity contribution in [1.29, 1.82) is 0 Å². The summed E-state index contributed by atoms with van der Waals surface area (Å²) in [5.74, 6) is 8.00. The summed E-state index contributed by atoms with van der Waals surface area (Å²) in [4.78, 5) is 0. The summed E-state index contributed by atoms with van der Waals surface area (Å²) in [5.41, 5.74) is 0. The fourth-order valence-corrected chi connectivity index (χ4v) is 0. The first-order valence-corrected chi connectivity index (χ1v) is 2.25. The molecule has 0 aliphatic carbocycles. The molecule has 0 amide bonds. The maximum atomic E-state index is 4.00. The quantitative estimate of drug-likeness (QED) is 0.366. The van der Waals surface area contributed by atoms with E-state index < -0.39 is 0 Å². The van der Waals surface area contributed by atoms with Crippen LogP contribution in [0.15, 0.2) is 0 Å². The van der Waals surface area contributed by atoms with Crippen LogP contribution in [0, 0.1) is 0 Å². The highest BCUT2D eigenvalue weighted by atomic mass is 15.0. The van der Waals surface area contributed by atoms with E-state index in [4.69, 9.17) is 0 Å². The molecule has 6 heavy (non-hydrogen) atoms. The van der Waals surface area contributed by atoms with E-state index in [0.717, 1.165) is 0 Å². The minimum Gasteiger partial charge on any atom is -0.274 e. The topological polar surface area (TPSA) is 52.0 Å². The molecule has 4 N–H and O–H groups in total. The smallest absolute Gasteiger partial charge is 0.0564 e. The zero-order valence-electron chi connectivity index (χ0n) is 4.57. The van der Waals surface area contributed by atoms with Gasteiger partial charge >= 0.3 is 0 Å². The number of nitrogens with two attached hydrogens (primary N) is 2. The largest absolute Gasteiger partial charge is 0.274 e. The highest BCUT2D eigenvalue weighted by molar-refractivity contribution is 4.12. The van der Waals surface area contributed by atoms with Gasteiger partial charge < -0.3 is 0 Å². The lowest BCUT2D eigenvalue weighted by molar-refractivity contribution is 0.886. The molecule has 0 aromatic carbocycles. The van der Waals surface area contributed by atoms with Crippen LogP contribution in [0.2, 0.25) is 0 Å². The summed E-state index contributed by atoms with van der Waals surface area (Å²) in [7, 11) is 0. The summed E-state index contributed by atoms with van der Waals surface area (Å²) >= 11 is 0. The Morgan fingerprint density at radius 2 is 1.17 bits per heavy atom. The molecule has 2 nitrogen and oxygen atoms in total. The van der Waals surface area contributed by atoms with Gasteiger partial charge in [0.15, 0.2) is 0 Å². The third-order valence-electron chi connectivity index (χ3n) is 0.500. The molecule has 0 aliphatic rings. The van der Waals surface area contributed by atoms with Gasteiger partial charge in [-0.2, -0.15) is 0 Å². The first kappa shape index (κ1) is 9.33. The van der Waals surface area contributed by atoms with Crippen molar-refractivity contribution in [2.24, 2.45) is 11.7 Å². The Hall–Kier alpha value is -0.0800. The van der Waals surface area contributed by atoms with Crippen LogP contribution in [-0.4, -0.2) is 0 Å². The Labute approximate surface area is 39.5 Å². The van der Waals surface area contributed by atoms with Crippen molar-refractivity contribution in [1.82, 2.24) is 0 Å². The van der Waals surface area contributed by atoms with E-state index in [9.17, 15) is 0 Å². The Bertz CT molecular complexity index is 7.51. The van der Waals surface area contributed by atoms with Crippen LogP contribution in [0.5, 0.6) is 0 Å². The normalized spacial score (nSPS) is 6.00. The fourth-order valence-electron chi connectivity index (χ4n) is 0. The second kappa shape index (κ2) is 20.5. The van der Waals surface area contributed by atoms with Crippen molar-refractivity contribution in [3.05, 3.63) is 0 Å². The van der Waals surface area contributed by atoms with E-state index in [1.807, 2.05) is 0 Å². The lowest BCUT2D eigenvalue weighted by atomic mass is 10.4. The van der Waals surface area contributed by atoms with Crippen molar-refractivity contribution >= 4 is 0 Å². The first-order chi connectivity index (χ1) is 2.91. The fraction of sp³-hybridized carbons (Fsp3) is 1.00. The highest BCUT2D eigenvalue weighted by Gasteiger charge is 1.56. The van der Waals surface area contributed by atoms with Crippen LogP contribution in [0.1, 0.15) is 26.7 Å². The lowest BCUT2D eigenvalue weighted by Crippen LogP contribution is -2.02. The second-order valence-electron chi connectivity index (χ2n) is 1.000. The predicted molar refractivity (Wildman–Crippen MR) is 29.0 cm³/mol. The predicted octanol–water partition coefficient (Wildman–Crippen LogP) is 0.625. The van der Waals surface area contributed by atoms with Crippen molar-refractivity contribution in [2.45, 2.75) is 26.7 Å². The van der Waals surface area contributed by atoms with Crippen molar-refractivity contribution in [3.63, 3.8) is 0 Å². The molecular formula is C4H14N2. The van der Waals surface area contributed by atoms with Crippen LogP contribution < -0.4 is 11.7 Å². The second-order valence-corrected chi connectivity index (χ2v) is 1.000. The van der Waals surface area contributed by atoms with Gasteiger partial charge in [-0.3, -0.25) is 11.7 Å². The van der Waals surface area contributed by atoms with Gasteiger partial charge in [-0.1, -0.05) is 26.7 Å². The van der Waals surface area contributed by atoms with Gasteiger partial charge in [-0.25, -0.2) is 0 Å².